The molecular weight excluding hydrogens is 503 g/mol. The maximum atomic E-state index is 13.0. The van der Waals surface area contributed by atoms with Gasteiger partial charge < -0.3 is 4.74 Å². The van der Waals surface area contributed by atoms with Crippen molar-refractivity contribution in [3.63, 3.8) is 0 Å². The van der Waals surface area contributed by atoms with E-state index in [0.717, 1.165) is 37.0 Å². The molecule has 0 unspecified atom stereocenters. The molecule has 0 radical (unpaired) electrons. The number of para-hydroxylation sites is 1. The maximum Gasteiger partial charge on any atom is 0.416 e. The molecular formula is C27H24F3N3O3S. The van der Waals surface area contributed by atoms with Gasteiger partial charge in [-0.25, -0.2) is 4.99 Å². The first-order chi connectivity index (χ1) is 17.4. The van der Waals surface area contributed by atoms with E-state index in [4.69, 9.17) is 4.74 Å². The Morgan fingerprint density at radius 1 is 1.19 bits per heavy atom. The van der Waals surface area contributed by atoms with Gasteiger partial charge in [-0.2, -0.15) is 18.4 Å². The summed E-state index contributed by atoms with van der Waals surface area (Å²) in [5, 5.41) is 21.8. The molecule has 0 amide bonds. The average Bonchev–Trinajstić information content (AvgIpc) is 3.19. The number of halogens is 3. The molecule has 1 aliphatic carbocycles. The lowest BCUT2D eigenvalue weighted by Gasteiger charge is -2.33. The van der Waals surface area contributed by atoms with Gasteiger partial charge >= 0.3 is 11.9 Å². The van der Waals surface area contributed by atoms with E-state index in [2.05, 4.69) is 31.8 Å². The number of nitro benzene ring substituents is 1. The quantitative estimate of drug-likeness (QED) is 0.190. The Kier molecular flexibility index (Phi) is 7.11. The Morgan fingerprint density at radius 2 is 1.92 bits per heavy atom. The Morgan fingerprint density at radius 3 is 2.57 bits per heavy atom. The number of ether oxygens (including phenoxy) is 1. The molecule has 0 bridgehead atoms. The number of rotatable bonds is 5. The monoisotopic (exact) mass is 527 g/mol. The molecule has 1 atom stereocenters. The molecule has 0 saturated carbocycles. The standard InChI is InChI=1S/C27H24F3N3O3S/c1-26(2,3)17-8-10-19-20(14-31)25(37-24(19)13-17)32-15-16-6-4-5-7-22(16)36-23-11-9-18(27(28,29)30)12-21(23)33(34)35/h4-7,9,11-12,15,17H,8,10,13H2,1-3H3/t17-/m1/s1. The molecule has 3 aromatic rings. The van der Waals surface area contributed by atoms with Crippen molar-refractivity contribution >= 4 is 28.2 Å². The molecule has 4 rings (SSSR count). The van der Waals surface area contributed by atoms with Crippen molar-refractivity contribution in [2.45, 2.75) is 46.2 Å². The van der Waals surface area contributed by atoms with Gasteiger partial charge in [0.2, 0.25) is 5.75 Å². The molecule has 192 valence electrons. The van der Waals surface area contributed by atoms with E-state index in [0.29, 0.717) is 28.1 Å². The normalized spacial score (nSPS) is 15.9. The first kappa shape index (κ1) is 26.4. The molecule has 0 N–H and O–H groups in total. The fourth-order valence-corrected chi connectivity index (χ4v) is 5.59. The molecule has 0 spiro atoms. The van der Waals surface area contributed by atoms with Gasteiger partial charge in [0.25, 0.3) is 0 Å². The van der Waals surface area contributed by atoms with Crippen molar-refractivity contribution in [3.05, 3.63) is 79.7 Å². The predicted octanol–water partition coefficient (Wildman–Crippen LogP) is 8.24. The van der Waals surface area contributed by atoms with Gasteiger partial charge in [0.15, 0.2) is 0 Å². The maximum absolute atomic E-state index is 13.0. The molecule has 37 heavy (non-hydrogen) atoms. The van der Waals surface area contributed by atoms with Gasteiger partial charge in [0.05, 0.1) is 16.1 Å². The summed E-state index contributed by atoms with van der Waals surface area (Å²) >= 11 is 1.49. The summed E-state index contributed by atoms with van der Waals surface area (Å²) in [5.41, 5.74) is 0.285. The number of nitriles is 1. The number of hydrogen-bond acceptors (Lipinski definition) is 6. The summed E-state index contributed by atoms with van der Waals surface area (Å²) in [4.78, 5) is 16.2. The van der Waals surface area contributed by atoms with Crippen LogP contribution < -0.4 is 4.74 Å². The lowest BCUT2D eigenvalue weighted by molar-refractivity contribution is -0.385. The van der Waals surface area contributed by atoms with Gasteiger partial charge in [0.1, 0.15) is 16.8 Å². The number of hydrogen-bond donors (Lipinski definition) is 0. The zero-order chi connectivity index (χ0) is 27.0. The summed E-state index contributed by atoms with van der Waals surface area (Å²) < 4.78 is 44.8. The fourth-order valence-electron chi connectivity index (χ4n) is 4.37. The minimum Gasteiger partial charge on any atom is -0.449 e. The van der Waals surface area contributed by atoms with Crippen molar-refractivity contribution in [2.75, 3.05) is 0 Å². The van der Waals surface area contributed by atoms with E-state index in [1.54, 1.807) is 24.3 Å². The topological polar surface area (TPSA) is 88.5 Å². The smallest absolute Gasteiger partial charge is 0.416 e. The number of benzene rings is 2. The van der Waals surface area contributed by atoms with Crippen LogP contribution in [0.5, 0.6) is 11.5 Å². The van der Waals surface area contributed by atoms with Crippen LogP contribution in [0.15, 0.2) is 47.5 Å². The molecule has 0 aliphatic heterocycles. The molecule has 0 fully saturated rings. The number of alkyl halides is 3. The Bertz CT molecular complexity index is 1410. The Labute approximate surface area is 216 Å². The van der Waals surface area contributed by atoms with Crippen molar-refractivity contribution in [1.82, 2.24) is 0 Å². The van der Waals surface area contributed by atoms with Gasteiger partial charge in [-0.1, -0.05) is 32.9 Å². The largest absolute Gasteiger partial charge is 0.449 e. The highest BCUT2D eigenvalue weighted by Gasteiger charge is 2.34. The molecule has 1 heterocycles. The first-order valence-corrected chi connectivity index (χ1v) is 12.4. The van der Waals surface area contributed by atoms with Crippen molar-refractivity contribution < 1.29 is 22.8 Å². The van der Waals surface area contributed by atoms with Crippen LogP contribution in [-0.4, -0.2) is 11.1 Å². The lowest BCUT2D eigenvalue weighted by Crippen LogP contribution is -2.26. The summed E-state index contributed by atoms with van der Waals surface area (Å²) in [5.74, 6) is 0.369. The SMILES string of the molecule is CC(C)(C)[C@@H]1CCc2c(sc(N=Cc3ccccc3Oc3ccc(C(F)(F)F)cc3[N+](=O)[O-])c2C#N)C1. The van der Waals surface area contributed by atoms with Crippen molar-refractivity contribution in [3.8, 4) is 17.6 Å². The summed E-state index contributed by atoms with van der Waals surface area (Å²) in [7, 11) is 0. The van der Waals surface area contributed by atoms with Gasteiger partial charge in [0, 0.05) is 22.7 Å². The molecule has 6 nitrogen and oxygen atoms in total. The number of nitro groups is 1. The number of nitrogens with zero attached hydrogens (tertiary/aromatic N) is 3. The second-order valence-electron chi connectivity index (χ2n) is 9.94. The van der Waals surface area contributed by atoms with E-state index in [1.165, 1.54) is 22.4 Å². The van der Waals surface area contributed by atoms with E-state index < -0.39 is 22.4 Å². The van der Waals surface area contributed by atoms with E-state index >= 15 is 0 Å². The third kappa shape index (κ3) is 5.67. The zero-order valence-corrected chi connectivity index (χ0v) is 21.2. The minimum atomic E-state index is -4.72. The lowest BCUT2D eigenvalue weighted by atomic mass is 9.72. The van der Waals surface area contributed by atoms with Crippen LogP contribution in [0.1, 0.15) is 54.3 Å². The third-order valence-corrected chi connectivity index (χ3v) is 7.69. The summed E-state index contributed by atoms with van der Waals surface area (Å²) in [6, 6.07) is 11.0. The van der Waals surface area contributed by atoms with E-state index in [-0.39, 0.29) is 16.9 Å². The van der Waals surface area contributed by atoms with Crippen LogP contribution in [0.3, 0.4) is 0 Å². The van der Waals surface area contributed by atoms with Crippen LogP contribution >= 0.6 is 11.3 Å². The van der Waals surface area contributed by atoms with Crippen molar-refractivity contribution in [2.24, 2.45) is 16.3 Å². The first-order valence-electron chi connectivity index (χ1n) is 11.6. The van der Waals surface area contributed by atoms with Crippen LogP contribution in [0, 0.1) is 32.8 Å². The van der Waals surface area contributed by atoms with Crippen LogP contribution in [0.25, 0.3) is 0 Å². The van der Waals surface area contributed by atoms with Gasteiger partial charge in [-0.15, -0.1) is 11.3 Å². The molecule has 2 aromatic carbocycles. The van der Waals surface area contributed by atoms with Gasteiger partial charge in [-0.3, -0.25) is 10.1 Å². The van der Waals surface area contributed by atoms with E-state index in [9.17, 15) is 28.5 Å². The highest BCUT2D eigenvalue weighted by atomic mass is 32.1. The molecule has 0 saturated heterocycles. The average molecular weight is 528 g/mol. The Hall–Kier alpha value is -3.71. The van der Waals surface area contributed by atoms with Crippen LogP contribution in [-0.2, 0) is 19.0 Å². The third-order valence-electron chi connectivity index (χ3n) is 6.53. The van der Waals surface area contributed by atoms with Crippen LogP contribution in [0.4, 0.5) is 23.9 Å². The number of thiophene rings is 1. The molecule has 1 aromatic heterocycles. The van der Waals surface area contributed by atoms with Crippen molar-refractivity contribution in [1.29, 1.82) is 5.26 Å². The highest BCUT2D eigenvalue weighted by Crippen LogP contribution is 2.45. The highest BCUT2D eigenvalue weighted by molar-refractivity contribution is 7.16. The predicted molar refractivity (Wildman–Crippen MR) is 136 cm³/mol. The number of fused-ring (bicyclic) bond motifs is 1. The van der Waals surface area contributed by atoms with E-state index in [1.807, 2.05) is 0 Å². The van der Waals surface area contributed by atoms with Gasteiger partial charge in [-0.05, 0) is 60.4 Å². The minimum absolute atomic E-state index is 0.162. The molecule has 1 aliphatic rings. The second kappa shape index (κ2) is 9.98. The second-order valence-corrected chi connectivity index (χ2v) is 11.0. The summed E-state index contributed by atoms with van der Waals surface area (Å²) in [6.07, 6.45) is -0.494. The summed E-state index contributed by atoms with van der Waals surface area (Å²) in [6.45, 7) is 6.66. The Balaban J connectivity index is 1.65. The fraction of sp³-hybridized carbons (Fsp3) is 0.333. The molecule has 10 heteroatoms. The zero-order valence-electron chi connectivity index (χ0n) is 20.4. The number of aliphatic imine (C=N–C) groups is 1. The van der Waals surface area contributed by atoms with Crippen LogP contribution in [0.2, 0.25) is 0 Å².